The van der Waals surface area contributed by atoms with Crippen molar-refractivity contribution in [1.82, 2.24) is 19.4 Å². The van der Waals surface area contributed by atoms with Crippen molar-refractivity contribution in [3.05, 3.63) is 64.6 Å². The van der Waals surface area contributed by atoms with Crippen molar-refractivity contribution >= 4 is 28.2 Å². The molecular formula is C16H12FN5O2. The molecule has 4 aromatic rings. The van der Waals surface area contributed by atoms with Crippen molar-refractivity contribution in [2.75, 3.05) is 5.32 Å². The Kier molecular flexibility index (Phi) is 3.24. The summed E-state index contributed by atoms with van der Waals surface area (Å²) in [5.74, 6) is -0.502. The summed E-state index contributed by atoms with van der Waals surface area (Å²) in [5.41, 5.74) is 1.66. The number of halogens is 1. The van der Waals surface area contributed by atoms with Gasteiger partial charge in [0.2, 0.25) is 0 Å². The normalized spacial score (nSPS) is 11.2. The molecule has 3 heterocycles. The van der Waals surface area contributed by atoms with Gasteiger partial charge in [0.15, 0.2) is 11.5 Å². The van der Waals surface area contributed by atoms with Crippen molar-refractivity contribution in [3.63, 3.8) is 0 Å². The van der Waals surface area contributed by atoms with Gasteiger partial charge >= 0.3 is 0 Å². The van der Waals surface area contributed by atoms with E-state index in [1.54, 1.807) is 24.5 Å². The number of aromatic amines is 1. The summed E-state index contributed by atoms with van der Waals surface area (Å²) in [4.78, 5) is 23.7. The van der Waals surface area contributed by atoms with Crippen LogP contribution in [0.15, 0.2) is 47.7 Å². The van der Waals surface area contributed by atoms with Gasteiger partial charge in [-0.05, 0) is 30.3 Å². The number of hydrogen-bond acceptors (Lipinski definition) is 5. The zero-order valence-corrected chi connectivity index (χ0v) is 12.3. The highest BCUT2D eigenvalue weighted by molar-refractivity contribution is 5.80. The second-order valence-corrected chi connectivity index (χ2v) is 5.21. The van der Waals surface area contributed by atoms with Gasteiger partial charge in [-0.2, -0.15) is 0 Å². The molecule has 0 unspecified atom stereocenters. The number of nitrogens with zero attached hydrogens (tertiary/aromatic N) is 3. The van der Waals surface area contributed by atoms with Crippen LogP contribution in [0, 0.1) is 5.82 Å². The fourth-order valence-corrected chi connectivity index (χ4v) is 2.56. The van der Waals surface area contributed by atoms with Crippen LogP contribution in [0.2, 0.25) is 0 Å². The molecule has 7 nitrogen and oxygen atoms in total. The maximum atomic E-state index is 14.0. The van der Waals surface area contributed by atoms with Crippen LogP contribution < -0.4 is 10.9 Å². The molecule has 4 rings (SSSR count). The third kappa shape index (κ3) is 2.20. The number of nitrogens with one attached hydrogen (secondary N) is 2. The van der Waals surface area contributed by atoms with Crippen LogP contribution in [0.3, 0.4) is 0 Å². The first-order valence-corrected chi connectivity index (χ1v) is 7.18. The van der Waals surface area contributed by atoms with E-state index in [1.807, 2.05) is 0 Å². The summed E-state index contributed by atoms with van der Waals surface area (Å²) < 4.78 is 15.0. The predicted octanol–water partition coefficient (Wildman–Crippen LogP) is 1.95. The number of pyridine rings is 1. The Hall–Kier alpha value is -3.26. The number of aliphatic hydroxyl groups excluding tert-OH is 1. The number of imidazole rings is 1. The molecule has 0 saturated carbocycles. The highest BCUT2D eigenvalue weighted by Gasteiger charge is 2.14. The van der Waals surface area contributed by atoms with Crippen LogP contribution in [0.1, 0.15) is 5.56 Å². The van der Waals surface area contributed by atoms with Crippen LogP contribution in [0.25, 0.3) is 16.7 Å². The maximum absolute atomic E-state index is 14.0. The summed E-state index contributed by atoms with van der Waals surface area (Å²) in [6.45, 7) is -0.514. The lowest BCUT2D eigenvalue weighted by atomic mass is 10.2. The number of aliphatic hydroxyl groups is 1. The Balaban J connectivity index is 1.88. The van der Waals surface area contributed by atoms with Crippen molar-refractivity contribution < 1.29 is 9.50 Å². The monoisotopic (exact) mass is 325 g/mol. The van der Waals surface area contributed by atoms with Gasteiger partial charge in [0.25, 0.3) is 5.56 Å². The zero-order chi connectivity index (χ0) is 16.7. The van der Waals surface area contributed by atoms with Gasteiger partial charge in [-0.1, -0.05) is 0 Å². The first-order valence-electron chi connectivity index (χ1n) is 7.18. The molecule has 24 heavy (non-hydrogen) atoms. The molecule has 0 amide bonds. The van der Waals surface area contributed by atoms with Crippen LogP contribution in [-0.2, 0) is 6.61 Å². The molecule has 0 atom stereocenters. The molecular weight excluding hydrogens is 313 g/mol. The van der Waals surface area contributed by atoms with E-state index in [0.717, 1.165) is 15.4 Å². The molecule has 3 aromatic heterocycles. The van der Waals surface area contributed by atoms with Crippen molar-refractivity contribution in [2.24, 2.45) is 0 Å². The number of hydrogen-bond donors (Lipinski definition) is 3. The summed E-state index contributed by atoms with van der Waals surface area (Å²) in [6, 6.07) is 7.97. The number of rotatable bonds is 3. The summed E-state index contributed by atoms with van der Waals surface area (Å²) in [7, 11) is 0. The predicted molar refractivity (Wildman–Crippen MR) is 86.7 cm³/mol. The van der Waals surface area contributed by atoms with Gasteiger partial charge in [-0.3, -0.25) is 9.20 Å². The van der Waals surface area contributed by atoms with Gasteiger partial charge in [-0.25, -0.2) is 14.4 Å². The third-order valence-electron chi connectivity index (χ3n) is 3.74. The van der Waals surface area contributed by atoms with Crippen molar-refractivity contribution in [3.8, 4) is 0 Å². The van der Waals surface area contributed by atoms with Crippen LogP contribution in [-0.4, -0.2) is 24.5 Å². The smallest absolute Gasteiger partial charge is 0.265 e. The fourth-order valence-electron chi connectivity index (χ4n) is 2.56. The number of fused-ring (bicyclic) bond motifs is 2. The second kappa shape index (κ2) is 5.43. The molecule has 0 bridgehead atoms. The molecule has 1 aromatic carbocycles. The van der Waals surface area contributed by atoms with E-state index < -0.39 is 18.0 Å². The molecule has 0 spiro atoms. The van der Waals surface area contributed by atoms with E-state index in [1.165, 1.54) is 18.3 Å². The Morgan fingerprint density at radius 3 is 3.04 bits per heavy atom. The summed E-state index contributed by atoms with van der Waals surface area (Å²) >= 11 is 0. The van der Waals surface area contributed by atoms with E-state index in [0.29, 0.717) is 5.69 Å². The van der Waals surface area contributed by atoms with Crippen molar-refractivity contribution in [1.29, 1.82) is 0 Å². The topological polar surface area (TPSA) is 95.3 Å². The SMILES string of the molecule is O=c1c(CO)c(Nc2ccc3nc[nH]c3c2)nc2c(F)cccn12. The second-order valence-electron chi connectivity index (χ2n) is 5.21. The Labute approximate surface area is 134 Å². The number of benzene rings is 1. The Bertz CT molecular complexity index is 1120. The minimum absolute atomic E-state index is 0.0582. The molecule has 0 aliphatic rings. The lowest BCUT2D eigenvalue weighted by molar-refractivity contribution is 0.280. The standard InChI is InChI=1S/C16H12FN5O2/c17-11-2-1-5-22-15(11)21-14(10(7-23)16(22)24)20-9-3-4-12-13(6-9)19-8-18-12/h1-6,8,20,23H,7H2,(H,18,19). The summed E-state index contributed by atoms with van der Waals surface area (Å²) in [6.07, 6.45) is 2.98. The van der Waals surface area contributed by atoms with Gasteiger partial charge in [0.05, 0.1) is 29.5 Å². The van der Waals surface area contributed by atoms with Gasteiger partial charge in [-0.15, -0.1) is 0 Å². The largest absolute Gasteiger partial charge is 0.391 e. The molecule has 0 aliphatic heterocycles. The van der Waals surface area contributed by atoms with E-state index in [9.17, 15) is 14.3 Å². The first kappa shape index (κ1) is 14.3. The molecule has 3 N–H and O–H groups in total. The molecule has 0 radical (unpaired) electrons. The average molecular weight is 325 g/mol. The molecule has 120 valence electrons. The lowest BCUT2D eigenvalue weighted by Gasteiger charge is -2.11. The van der Waals surface area contributed by atoms with Gasteiger partial charge in [0, 0.05) is 11.9 Å². The number of H-pyrrole nitrogens is 1. The van der Waals surface area contributed by atoms with Crippen LogP contribution in [0.4, 0.5) is 15.9 Å². The van der Waals surface area contributed by atoms with Crippen LogP contribution in [0.5, 0.6) is 0 Å². The van der Waals surface area contributed by atoms with E-state index in [4.69, 9.17) is 0 Å². The molecule has 8 heteroatoms. The van der Waals surface area contributed by atoms with E-state index in [-0.39, 0.29) is 17.0 Å². The Morgan fingerprint density at radius 1 is 1.33 bits per heavy atom. The molecule has 0 saturated heterocycles. The van der Waals surface area contributed by atoms with Gasteiger partial charge < -0.3 is 15.4 Å². The van der Waals surface area contributed by atoms with E-state index in [2.05, 4.69) is 20.3 Å². The summed E-state index contributed by atoms with van der Waals surface area (Å²) in [5, 5.41) is 12.5. The number of aromatic nitrogens is 4. The lowest BCUT2D eigenvalue weighted by Crippen LogP contribution is -2.22. The highest BCUT2D eigenvalue weighted by Crippen LogP contribution is 2.21. The van der Waals surface area contributed by atoms with Gasteiger partial charge in [0.1, 0.15) is 5.82 Å². The van der Waals surface area contributed by atoms with Crippen molar-refractivity contribution in [2.45, 2.75) is 6.61 Å². The highest BCUT2D eigenvalue weighted by atomic mass is 19.1. The quantitative estimate of drug-likeness (QED) is 0.535. The third-order valence-corrected chi connectivity index (χ3v) is 3.74. The van der Waals surface area contributed by atoms with E-state index >= 15 is 0 Å². The first-order chi connectivity index (χ1) is 11.7. The minimum atomic E-state index is -0.619. The number of anilines is 2. The van der Waals surface area contributed by atoms with Crippen LogP contribution >= 0.6 is 0 Å². The molecule has 0 aliphatic carbocycles. The minimum Gasteiger partial charge on any atom is -0.391 e. The zero-order valence-electron chi connectivity index (χ0n) is 12.3. The molecule has 0 fully saturated rings. The Morgan fingerprint density at radius 2 is 2.21 bits per heavy atom. The average Bonchev–Trinajstić information content (AvgIpc) is 3.04. The fraction of sp³-hybridized carbons (Fsp3) is 0.0625. The maximum Gasteiger partial charge on any atom is 0.265 e.